The van der Waals surface area contributed by atoms with Gasteiger partial charge in [-0.15, -0.1) is 0 Å². The Bertz CT molecular complexity index is 948. The number of nitrogens with one attached hydrogen (secondary N) is 1. The van der Waals surface area contributed by atoms with E-state index in [1.807, 2.05) is 20.8 Å². The molecule has 0 saturated carbocycles. The highest BCUT2D eigenvalue weighted by atomic mass is 16.5. The lowest BCUT2D eigenvalue weighted by Gasteiger charge is -2.17. The molecule has 8 nitrogen and oxygen atoms in total. The molecule has 152 valence electrons. The monoisotopic (exact) mass is 398 g/mol. The molecule has 0 spiro atoms. The summed E-state index contributed by atoms with van der Waals surface area (Å²) in [5.41, 5.74) is 0.421. The SMILES string of the molecule is CC(C)C(C)NC(=O)COC(=O)c1ccc2c(c1)C(=O)N(Cc1ccco1)C2=O. The molecule has 0 bridgehead atoms. The summed E-state index contributed by atoms with van der Waals surface area (Å²) in [5.74, 6) is -1.40. The van der Waals surface area contributed by atoms with E-state index < -0.39 is 30.3 Å². The molecule has 8 heteroatoms. The Kier molecular flexibility index (Phi) is 5.81. The minimum absolute atomic E-state index is 0.00728. The van der Waals surface area contributed by atoms with Crippen molar-refractivity contribution in [3.8, 4) is 0 Å². The molecule has 1 unspecified atom stereocenters. The van der Waals surface area contributed by atoms with Gasteiger partial charge in [0.15, 0.2) is 6.61 Å². The van der Waals surface area contributed by atoms with Crippen molar-refractivity contribution in [2.24, 2.45) is 5.92 Å². The van der Waals surface area contributed by atoms with Gasteiger partial charge in [0.05, 0.1) is 29.5 Å². The van der Waals surface area contributed by atoms with Crippen LogP contribution in [0.25, 0.3) is 0 Å². The number of nitrogens with zero attached hydrogens (tertiary/aromatic N) is 1. The largest absolute Gasteiger partial charge is 0.467 e. The molecule has 1 aliphatic heterocycles. The van der Waals surface area contributed by atoms with Crippen LogP contribution in [0.3, 0.4) is 0 Å². The van der Waals surface area contributed by atoms with Crippen LogP contribution in [0.4, 0.5) is 0 Å². The van der Waals surface area contributed by atoms with Crippen LogP contribution in [-0.4, -0.2) is 41.2 Å². The average molecular weight is 398 g/mol. The van der Waals surface area contributed by atoms with E-state index in [1.54, 1.807) is 12.1 Å². The fourth-order valence-corrected chi connectivity index (χ4v) is 2.80. The van der Waals surface area contributed by atoms with Gasteiger partial charge >= 0.3 is 5.97 Å². The van der Waals surface area contributed by atoms with Gasteiger partial charge in [-0.25, -0.2) is 4.79 Å². The number of carbonyl (C=O) groups is 4. The topological polar surface area (TPSA) is 106 Å². The number of ether oxygens (including phenoxy) is 1. The van der Waals surface area contributed by atoms with Crippen molar-refractivity contribution >= 4 is 23.7 Å². The van der Waals surface area contributed by atoms with Crippen LogP contribution < -0.4 is 5.32 Å². The van der Waals surface area contributed by atoms with Crippen molar-refractivity contribution in [1.82, 2.24) is 10.2 Å². The number of carbonyl (C=O) groups excluding carboxylic acids is 4. The van der Waals surface area contributed by atoms with E-state index in [2.05, 4.69) is 5.32 Å². The van der Waals surface area contributed by atoms with Gasteiger partial charge in [-0.05, 0) is 43.2 Å². The molecule has 0 aliphatic carbocycles. The van der Waals surface area contributed by atoms with Gasteiger partial charge < -0.3 is 14.5 Å². The van der Waals surface area contributed by atoms with E-state index in [0.29, 0.717) is 5.76 Å². The Labute approximate surface area is 167 Å². The number of amides is 3. The zero-order chi connectivity index (χ0) is 21.1. The summed E-state index contributed by atoms with van der Waals surface area (Å²) in [6.07, 6.45) is 1.46. The second kappa shape index (κ2) is 8.30. The Balaban J connectivity index is 1.66. The number of fused-ring (bicyclic) bond motifs is 1. The standard InChI is InChI=1S/C21H22N2O6/c1-12(2)13(3)22-18(24)11-29-21(27)14-6-7-16-17(9-14)20(26)23(19(16)25)10-15-5-4-8-28-15/h4-9,12-13H,10-11H2,1-3H3,(H,22,24). The molecule has 29 heavy (non-hydrogen) atoms. The van der Waals surface area contributed by atoms with Crippen molar-refractivity contribution in [1.29, 1.82) is 0 Å². The summed E-state index contributed by atoms with van der Waals surface area (Å²) >= 11 is 0. The number of imide groups is 1. The third kappa shape index (κ3) is 4.37. The highest BCUT2D eigenvalue weighted by Gasteiger charge is 2.36. The zero-order valence-electron chi connectivity index (χ0n) is 16.4. The van der Waals surface area contributed by atoms with Crippen molar-refractivity contribution in [2.45, 2.75) is 33.4 Å². The fraction of sp³-hybridized carbons (Fsp3) is 0.333. The van der Waals surface area contributed by atoms with E-state index in [-0.39, 0.29) is 35.2 Å². The van der Waals surface area contributed by atoms with Crippen molar-refractivity contribution < 1.29 is 28.3 Å². The van der Waals surface area contributed by atoms with Crippen LogP contribution >= 0.6 is 0 Å². The second-order valence-corrected chi connectivity index (χ2v) is 7.21. The Morgan fingerprint density at radius 1 is 1.10 bits per heavy atom. The smallest absolute Gasteiger partial charge is 0.338 e. The van der Waals surface area contributed by atoms with Gasteiger partial charge in [0.1, 0.15) is 5.76 Å². The summed E-state index contributed by atoms with van der Waals surface area (Å²) in [7, 11) is 0. The van der Waals surface area contributed by atoms with Crippen LogP contribution in [-0.2, 0) is 16.1 Å². The molecule has 1 aliphatic rings. The lowest BCUT2D eigenvalue weighted by molar-refractivity contribution is -0.125. The van der Waals surface area contributed by atoms with E-state index in [9.17, 15) is 19.2 Å². The third-order valence-electron chi connectivity index (χ3n) is 4.82. The van der Waals surface area contributed by atoms with Crippen molar-refractivity contribution in [2.75, 3.05) is 6.61 Å². The maximum atomic E-state index is 12.6. The van der Waals surface area contributed by atoms with Crippen LogP contribution in [0.1, 0.15) is 57.6 Å². The number of hydrogen-bond donors (Lipinski definition) is 1. The van der Waals surface area contributed by atoms with Gasteiger partial charge in [-0.2, -0.15) is 0 Å². The molecular weight excluding hydrogens is 376 g/mol. The molecule has 2 heterocycles. The first-order valence-corrected chi connectivity index (χ1v) is 9.27. The maximum absolute atomic E-state index is 12.6. The van der Waals surface area contributed by atoms with Gasteiger partial charge in [-0.3, -0.25) is 19.3 Å². The number of esters is 1. The minimum Gasteiger partial charge on any atom is -0.467 e. The molecular formula is C21H22N2O6. The summed E-state index contributed by atoms with van der Waals surface area (Å²) in [6, 6.07) is 7.41. The molecule has 1 atom stereocenters. The van der Waals surface area contributed by atoms with E-state index in [0.717, 1.165) is 4.90 Å². The molecule has 3 amide bonds. The first-order valence-electron chi connectivity index (χ1n) is 9.27. The summed E-state index contributed by atoms with van der Waals surface area (Å²) in [6.45, 7) is 5.38. The van der Waals surface area contributed by atoms with Crippen LogP contribution in [0, 0.1) is 5.92 Å². The van der Waals surface area contributed by atoms with Gasteiger partial charge in [-0.1, -0.05) is 13.8 Å². The molecule has 0 radical (unpaired) electrons. The molecule has 1 aromatic carbocycles. The number of hydrogen-bond acceptors (Lipinski definition) is 6. The Morgan fingerprint density at radius 3 is 2.48 bits per heavy atom. The molecule has 0 fully saturated rings. The number of benzene rings is 1. The van der Waals surface area contributed by atoms with E-state index in [1.165, 1.54) is 24.5 Å². The summed E-state index contributed by atoms with van der Waals surface area (Å²) in [4.78, 5) is 50.3. The predicted molar refractivity (Wildman–Crippen MR) is 102 cm³/mol. The zero-order valence-corrected chi connectivity index (χ0v) is 16.4. The normalized spacial score (nSPS) is 14.1. The van der Waals surface area contributed by atoms with Crippen LogP contribution in [0.15, 0.2) is 41.0 Å². The van der Waals surface area contributed by atoms with Crippen LogP contribution in [0.2, 0.25) is 0 Å². The predicted octanol–water partition coefficient (Wildman–Crippen LogP) is 2.39. The summed E-state index contributed by atoms with van der Waals surface area (Å²) in [5, 5.41) is 2.74. The third-order valence-corrected chi connectivity index (χ3v) is 4.82. The highest BCUT2D eigenvalue weighted by Crippen LogP contribution is 2.26. The highest BCUT2D eigenvalue weighted by molar-refractivity contribution is 6.21. The Hall–Kier alpha value is -3.42. The van der Waals surface area contributed by atoms with Gasteiger partial charge in [0.2, 0.25) is 0 Å². The van der Waals surface area contributed by atoms with Gasteiger partial charge in [0.25, 0.3) is 17.7 Å². The number of rotatable bonds is 7. The van der Waals surface area contributed by atoms with Gasteiger partial charge in [0, 0.05) is 6.04 Å². The molecule has 1 aromatic heterocycles. The average Bonchev–Trinajstić information content (AvgIpc) is 3.29. The fourth-order valence-electron chi connectivity index (χ4n) is 2.80. The van der Waals surface area contributed by atoms with E-state index >= 15 is 0 Å². The van der Waals surface area contributed by atoms with E-state index in [4.69, 9.17) is 9.15 Å². The molecule has 0 saturated heterocycles. The molecule has 1 N–H and O–H groups in total. The number of furan rings is 1. The first kappa shape index (κ1) is 20.3. The lowest BCUT2D eigenvalue weighted by Crippen LogP contribution is -2.38. The quantitative estimate of drug-likeness (QED) is 0.567. The summed E-state index contributed by atoms with van der Waals surface area (Å²) < 4.78 is 10.2. The van der Waals surface area contributed by atoms with Crippen molar-refractivity contribution in [3.05, 3.63) is 59.0 Å². The molecule has 2 aromatic rings. The first-order chi connectivity index (χ1) is 13.8. The molecule has 3 rings (SSSR count). The minimum atomic E-state index is -0.745. The maximum Gasteiger partial charge on any atom is 0.338 e. The van der Waals surface area contributed by atoms with Crippen molar-refractivity contribution in [3.63, 3.8) is 0 Å². The van der Waals surface area contributed by atoms with Crippen LogP contribution in [0.5, 0.6) is 0 Å². The lowest BCUT2D eigenvalue weighted by atomic mass is 10.1. The Morgan fingerprint density at radius 2 is 1.83 bits per heavy atom. The second-order valence-electron chi connectivity index (χ2n) is 7.21.